The van der Waals surface area contributed by atoms with E-state index in [1.165, 1.54) is 43.3 Å². The molecule has 0 aromatic rings. The highest BCUT2D eigenvalue weighted by molar-refractivity contribution is 5.36. The number of hydrogen-bond acceptors (Lipinski definition) is 3. The summed E-state index contributed by atoms with van der Waals surface area (Å²) < 4.78 is 0. The summed E-state index contributed by atoms with van der Waals surface area (Å²) in [4.78, 5) is 0. The Hall–Kier alpha value is -0.900. The molecule has 0 saturated heterocycles. The van der Waals surface area contributed by atoms with Crippen LogP contribution in [0, 0.1) is 23.2 Å². The Morgan fingerprint density at radius 2 is 1.90 bits per heavy atom. The summed E-state index contributed by atoms with van der Waals surface area (Å²) in [6, 6.07) is 0. The molecule has 3 N–H and O–H groups in total. The Morgan fingerprint density at radius 1 is 1.16 bits per heavy atom. The van der Waals surface area contributed by atoms with Crippen LogP contribution in [0.2, 0.25) is 0 Å². The third-order valence-corrected chi connectivity index (χ3v) is 8.60. The van der Waals surface area contributed by atoms with Crippen molar-refractivity contribution in [2.24, 2.45) is 23.2 Å². The van der Waals surface area contributed by atoms with E-state index in [4.69, 9.17) is 0 Å². The second kappa shape index (κ2) is 9.93. The molecular weight excluding hydrogens is 384 g/mol. The second-order valence-electron chi connectivity index (χ2n) is 11.8. The van der Waals surface area contributed by atoms with Crippen molar-refractivity contribution >= 4 is 0 Å². The number of aliphatic hydroxyl groups is 3. The fraction of sp³-hybridized carbons (Fsp3) is 0.786. The van der Waals surface area contributed by atoms with Gasteiger partial charge in [-0.3, -0.25) is 0 Å². The largest absolute Gasteiger partial charge is 0.393 e. The van der Waals surface area contributed by atoms with E-state index in [1.54, 1.807) is 19.4 Å². The maximum atomic E-state index is 10.3. The Morgan fingerprint density at radius 3 is 2.61 bits per heavy atom. The topological polar surface area (TPSA) is 60.7 Å². The smallest absolute Gasteiger partial charge is 0.0616 e. The van der Waals surface area contributed by atoms with Crippen LogP contribution in [0.3, 0.4) is 0 Å². The Bertz CT molecular complexity index is 698. The molecular formula is C28H46O3. The number of hydrogen-bond donors (Lipinski definition) is 3. The van der Waals surface area contributed by atoms with Crippen LogP contribution in [0.4, 0.5) is 0 Å². The van der Waals surface area contributed by atoms with Crippen LogP contribution < -0.4 is 0 Å². The molecule has 0 aliphatic heterocycles. The molecule has 3 fully saturated rings. The number of allylic oxidation sites excluding steroid dienone is 4. The predicted octanol–water partition coefficient (Wildman–Crippen LogP) is 6.09. The maximum Gasteiger partial charge on any atom is 0.0616 e. The van der Waals surface area contributed by atoms with E-state index in [2.05, 4.69) is 32.6 Å². The highest BCUT2D eigenvalue weighted by Gasteiger charge is 2.50. The first-order valence-corrected chi connectivity index (χ1v) is 12.7. The van der Waals surface area contributed by atoms with Gasteiger partial charge in [-0.1, -0.05) is 43.7 Å². The SMILES string of the molecule is C=C1CC[C@H](O)CC1=CC=C1CCC[C@@]2(C)C1CC[C@@H]2[C@H](C)CCC(O)CC(C)(C)O. The number of aliphatic hydroxyl groups excluding tert-OH is 2. The van der Waals surface area contributed by atoms with Crippen LogP contribution in [-0.2, 0) is 0 Å². The Kier molecular flexibility index (Phi) is 7.92. The van der Waals surface area contributed by atoms with Crippen LogP contribution in [0.5, 0.6) is 0 Å². The van der Waals surface area contributed by atoms with Crippen molar-refractivity contribution < 1.29 is 15.3 Å². The van der Waals surface area contributed by atoms with Gasteiger partial charge >= 0.3 is 0 Å². The van der Waals surface area contributed by atoms with Gasteiger partial charge in [-0.25, -0.2) is 0 Å². The molecule has 0 spiro atoms. The molecule has 3 aliphatic rings. The first kappa shape index (κ1) is 24.7. The van der Waals surface area contributed by atoms with Gasteiger partial charge in [0.25, 0.3) is 0 Å². The van der Waals surface area contributed by atoms with Gasteiger partial charge in [-0.05, 0) is 107 Å². The van der Waals surface area contributed by atoms with Crippen molar-refractivity contribution in [3.63, 3.8) is 0 Å². The van der Waals surface area contributed by atoms with Gasteiger partial charge in [0.05, 0.1) is 17.8 Å². The molecule has 0 amide bonds. The number of fused-ring (bicyclic) bond motifs is 1. The van der Waals surface area contributed by atoms with E-state index >= 15 is 0 Å². The lowest BCUT2D eigenvalue weighted by Crippen LogP contribution is -2.36. The summed E-state index contributed by atoms with van der Waals surface area (Å²) in [5.74, 6) is 1.96. The molecule has 0 aromatic heterocycles. The average molecular weight is 431 g/mol. The normalized spacial score (nSPS) is 36.6. The molecule has 3 nitrogen and oxygen atoms in total. The Balaban J connectivity index is 1.65. The molecule has 3 heteroatoms. The average Bonchev–Trinajstić information content (AvgIpc) is 3.03. The molecule has 31 heavy (non-hydrogen) atoms. The summed E-state index contributed by atoms with van der Waals surface area (Å²) in [6.07, 6.45) is 15.1. The van der Waals surface area contributed by atoms with E-state index < -0.39 is 11.7 Å². The van der Waals surface area contributed by atoms with Gasteiger partial charge in [-0.15, -0.1) is 0 Å². The van der Waals surface area contributed by atoms with Gasteiger partial charge < -0.3 is 15.3 Å². The lowest BCUT2D eigenvalue weighted by atomic mass is 9.60. The molecule has 3 rings (SSSR count). The van der Waals surface area contributed by atoms with Gasteiger partial charge in [0.15, 0.2) is 0 Å². The fourth-order valence-corrected chi connectivity index (χ4v) is 6.94. The minimum Gasteiger partial charge on any atom is -0.393 e. The van der Waals surface area contributed by atoms with Crippen molar-refractivity contribution in [2.45, 2.75) is 116 Å². The van der Waals surface area contributed by atoms with Crippen LogP contribution in [-0.4, -0.2) is 33.1 Å². The van der Waals surface area contributed by atoms with Crippen LogP contribution in [0.25, 0.3) is 0 Å². The summed E-state index contributed by atoms with van der Waals surface area (Å²) in [7, 11) is 0. The first-order chi connectivity index (χ1) is 14.5. The second-order valence-corrected chi connectivity index (χ2v) is 11.8. The van der Waals surface area contributed by atoms with Crippen molar-refractivity contribution in [2.75, 3.05) is 0 Å². The van der Waals surface area contributed by atoms with E-state index in [1.807, 2.05) is 0 Å². The molecule has 0 bridgehead atoms. The predicted molar refractivity (Wildman–Crippen MR) is 129 cm³/mol. The van der Waals surface area contributed by atoms with Crippen molar-refractivity contribution in [1.82, 2.24) is 0 Å². The molecule has 6 atom stereocenters. The molecule has 0 heterocycles. The Labute approximate surface area is 190 Å². The summed E-state index contributed by atoms with van der Waals surface area (Å²) in [6.45, 7) is 12.7. The minimum atomic E-state index is -0.801. The quantitative estimate of drug-likeness (QED) is 0.458. The lowest BCUT2D eigenvalue weighted by molar-refractivity contribution is 0.0106. The van der Waals surface area contributed by atoms with E-state index in [0.717, 1.165) is 32.1 Å². The van der Waals surface area contributed by atoms with Gasteiger partial charge in [0, 0.05) is 6.42 Å². The highest BCUT2D eigenvalue weighted by Crippen LogP contribution is 2.60. The number of rotatable bonds is 7. The summed E-state index contributed by atoms with van der Waals surface area (Å²) in [5, 5.41) is 30.4. The summed E-state index contributed by atoms with van der Waals surface area (Å²) in [5.41, 5.74) is 3.59. The van der Waals surface area contributed by atoms with E-state index in [-0.39, 0.29) is 6.10 Å². The highest BCUT2D eigenvalue weighted by atomic mass is 16.3. The molecule has 0 radical (unpaired) electrons. The molecule has 3 saturated carbocycles. The standard InChI is InChI=1S/C28H46O3/c1-19-8-12-23(29)17-22(19)11-10-21-7-6-16-28(5)25(14-15-26(21)28)20(2)9-13-24(30)18-27(3,4)31/h10-11,20,23-26,29-31H,1,6-9,12-18H2,2-5H3/t20-,23+,24?,25-,26?,28-/m1/s1. The minimum absolute atomic E-state index is 0.213. The molecule has 3 aliphatic carbocycles. The monoisotopic (exact) mass is 430 g/mol. The lowest BCUT2D eigenvalue weighted by Gasteiger charge is -2.44. The molecule has 2 unspecified atom stereocenters. The van der Waals surface area contributed by atoms with Gasteiger partial charge in [-0.2, -0.15) is 0 Å². The third kappa shape index (κ3) is 6.12. The van der Waals surface area contributed by atoms with Crippen molar-refractivity contribution in [3.8, 4) is 0 Å². The van der Waals surface area contributed by atoms with E-state index in [9.17, 15) is 15.3 Å². The fourth-order valence-electron chi connectivity index (χ4n) is 6.94. The first-order valence-electron chi connectivity index (χ1n) is 12.7. The zero-order valence-corrected chi connectivity index (χ0v) is 20.4. The molecule has 176 valence electrons. The zero-order chi connectivity index (χ0) is 22.8. The van der Waals surface area contributed by atoms with Gasteiger partial charge in [0.1, 0.15) is 0 Å². The van der Waals surface area contributed by atoms with Crippen molar-refractivity contribution in [1.29, 1.82) is 0 Å². The van der Waals surface area contributed by atoms with Gasteiger partial charge in [0.2, 0.25) is 0 Å². The third-order valence-electron chi connectivity index (χ3n) is 8.60. The van der Waals surface area contributed by atoms with Crippen LogP contribution in [0.15, 0.2) is 35.5 Å². The van der Waals surface area contributed by atoms with Crippen LogP contribution in [0.1, 0.15) is 98.3 Å². The maximum absolute atomic E-state index is 10.3. The molecule has 0 aromatic carbocycles. The zero-order valence-electron chi connectivity index (χ0n) is 20.4. The van der Waals surface area contributed by atoms with E-state index in [0.29, 0.717) is 29.6 Å². The van der Waals surface area contributed by atoms with Crippen LogP contribution >= 0.6 is 0 Å². The van der Waals surface area contributed by atoms with Crippen molar-refractivity contribution in [3.05, 3.63) is 35.5 Å². The summed E-state index contributed by atoms with van der Waals surface area (Å²) >= 11 is 0.